The molecule has 246 valence electrons. The van der Waals surface area contributed by atoms with Gasteiger partial charge in [-0.1, -0.05) is 129 Å². The number of benzene rings is 3. The smallest absolute Gasteiger partial charge is 0.159 e. The molecular formula is C46H42N4. The van der Waals surface area contributed by atoms with E-state index >= 15 is 0 Å². The average Bonchev–Trinajstić information content (AvgIpc) is 3.19. The number of aliphatic imine (C=N–C) groups is 2. The van der Waals surface area contributed by atoms with E-state index in [-0.39, 0.29) is 17.3 Å². The van der Waals surface area contributed by atoms with Crippen LogP contribution < -0.4 is 0 Å². The van der Waals surface area contributed by atoms with Crippen molar-refractivity contribution in [2.24, 2.45) is 15.4 Å². The lowest BCUT2D eigenvalue weighted by molar-refractivity contribution is 0.402. The molecule has 2 aliphatic rings. The van der Waals surface area contributed by atoms with Crippen LogP contribution in [0, 0.1) is 5.41 Å². The van der Waals surface area contributed by atoms with Crippen molar-refractivity contribution >= 4 is 17.1 Å². The van der Waals surface area contributed by atoms with Crippen LogP contribution in [-0.2, 0) is 0 Å². The first-order valence-electron chi connectivity index (χ1n) is 17.4. The van der Waals surface area contributed by atoms with Gasteiger partial charge in [0.25, 0.3) is 0 Å². The van der Waals surface area contributed by atoms with Gasteiger partial charge in [-0.15, -0.1) is 0 Å². The lowest BCUT2D eigenvalue weighted by atomic mass is 9.66. The molecular weight excluding hydrogens is 609 g/mol. The van der Waals surface area contributed by atoms with E-state index in [1.807, 2.05) is 42.7 Å². The molecule has 2 aliphatic carbocycles. The van der Waals surface area contributed by atoms with E-state index in [1.54, 1.807) is 0 Å². The predicted octanol–water partition coefficient (Wildman–Crippen LogP) is 11.2. The standard InChI is InChI=1S/C46H42N4/c1-33(37-20-14-21-38(28-37)43-24-10-12-26-47-43)49-45(40-23-15-22-39(29-40)44-25-11-13-27-48-44)50-34(2)46(3)31-41(35-16-6-4-7-17-35)30-42(32-46)36-18-8-5-9-19-36/h4-27,29-30,38,41H,1,28,31-32H2,2-3H3. The van der Waals surface area contributed by atoms with E-state index < -0.39 is 0 Å². The molecule has 0 saturated carbocycles. The minimum absolute atomic E-state index is 0.170. The van der Waals surface area contributed by atoms with E-state index in [0.29, 0.717) is 11.5 Å². The molecule has 3 atom stereocenters. The summed E-state index contributed by atoms with van der Waals surface area (Å²) in [5.74, 6) is 1.09. The molecule has 4 nitrogen and oxygen atoms in total. The monoisotopic (exact) mass is 650 g/mol. The van der Waals surface area contributed by atoms with Gasteiger partial charge in [-0.25, -0.2) is 9.98 Å². The quantitative estimate of drug-likeness (QED) is 0.124. The van der Waals surface area contributed by atoms with Crippen LogP contribution in [0.1, 0.15) is 67.3 Å². The van der Waals surface area contributed by atoms with Crippen molar-refractivity contribution in [1.29, 1.82) is 0 Å². The Morgan fingerprint density at radius 3 is 2.22 bits per heavy atom. The first kappa shape index (κ1) is 32.8. The highest BCUT2D eigenvalue weighted by atomic mass is 14.9. The Morgan fingerprint density at radius 1 is 0.760 bits per heavy atom. The lowest BCUT2D eigenvalue weighted by Gasteiger charge is -2.38. The Hall–Kier alpha value is -5.74. The summed E-state index contributed by atoms with van der Waals surface area (Å²) >= 11 is 0. The minimum Gasteiger partial charge on any atom is -0.261 e. The molecule has 7 rings (SSSR count). The zero-order valence-corrected chi connectivity index (χ0v) is 28.8. The van der Waals surface area contributed by atoms with Crippen LogP contribution in [0.4, 0.5) is 0 Å². The molecule has 0 fully saturated rings. The molecule has 5 aromatic rings. The zero-order chi connectivity index (χ0) is 34.3. The summed E-state index contributed by atoms with van der Waals surface area (Å²) in [6, 6.07) is 42.1. The van der Waals surface area contributed by atoms with Gasteiger partial charge < -0.3 is 0 Å². The van der Waals surface area contributed by atoms with E-state index in [1.165, 1.54) is 16.7 Å². The third kappa shape index (κ3) is 7.45. The fraction of sp³-hybridized carbons (Fsp3) is 0.174. The van der Waals surface area contributed by atoms with Crippen LogP contribution in [0.5, 0.6) is 0 Å². The molecule has 3 aromatic carbocycles. The van der Waals surface area contributed by atoms with E-state index in [2.05, 4.69) is 146 Å². The third-order valence-corrected chi connectivity index (χ3v) is 10.0. The van der Waals surface area contributed by atoms with Gasteiger partial charge in [0.1, 0.15) is 0 Å². The zero-order valence-electron chi connectivity index (χ0n) is 28.8. The van der Waals surface area contributed by atoms with Crippen LogP contribution in [-0.4, -0.2) is 21.5 Å². The van der Waals surface area contributed by atoms with Gasteiger partial charge >= 0.3 is 0 Å². The Kier molecular flexibility index (Phi) is 9.70. The second-order valence-corrected chi connectivity index (χ2v) is 13.5. The van der Waals surface area contributed by atoms with Gasteiger partial charge in [0.2, 0.25) is 0 Å². The SMILES string of the molecule is C=C(N=C(N=C(C)C1(C)CC(c2ccccc2)=CC(c2ccccc2)C1)c1cccc(-c2ccccn2)c1)C1=CC=CC(c2ccccn2)C1. The molecule has 0 bridgehead atoms. The van der Waals surface area contributed by atoms with Gasteiger partial charge in [0, 0.05) is 52.2 Å². The molecule has 50 heavy (non-hydrogen) atoms. The van der Waals surface area contributed by atoms with Crippen molar-refractivity contribution in [3.63, 3.8) is 0 Å². The Bertz CT molecular complexity index is 2110. The number of aromatic nitrogens is 2. The molecule has 2 heterocycles. The summed E-state index contributed by atoms with van der Waals surface area (Å²) < 4.78 is 0. The number of nitrogens with zero attached hydrogens (tertiary/aromatic N) is 4. The molecule has 0 aliphatic heterocycles. The molecule has 0 radical (unpaired) electrons. The molecule has 3 unspecified atom stereocenters. The van der Waals surface area contributed by atoms with Crippen molar-refractivity contribution in [1.82, 2.24) is 9.97 Å². The van der Waals surface area contributed by atoms with Crippen LogP contribution >= 0.6 is 0 Å². The Morgan fingerprint density at radius 2 is 1.48 bits per heavy atom. The summed E-state index contributed by atoms with van der Waals surface area (Å²) in [6.07, 6.45) is 15.2. The molecule has 4 heteroatoms. The largest absolute Gasteiger partial charge is 0.261 e. The van der Waals surface area contributed by atoms with Crippen molar-refractivity contribution in [2.75, 3.05) is 0 Å². The van der Waals surface area contributed by atoms with Gasteiger partial charge in [-0.3, -0.25) is 9.97 Å². The van der Waals surface area contributed by atoms with E-state index in [4.69, 9.17) is 9.98 Å². The van der Waals surface area contributed by atoms with Gasteiger partial charge in [0.15, 0.2) is 5.84 Å². The van der Waals surface area contributed by atoms with Gasteiger partial charge in [0.05, 0.1) is 11.4 Å². The third-order valence-electron chi connectivity index (χ3n) is 10.0. The highest BCUT2D eigenvalue weighted by molar-refractivity contribution is 6.09. The van der Waals surface area contributed by atoms with Crippen LogP contribution in [0.15, 0.2) is 186 Å². The normalized spacial score (nSPS) is 20.9. The van der Waals surface area contributed by atoms with Crippen molar-refractivity contribution in [2.45, 2.75) is 44.9 Å². The summed E-state index contributed by atoms with van der Waals surface area (Å²) in [6.45, 7) is 9.03. The van der Waals surface area contributed by atoms with Crippen LogP contribution in [0.25, 0.3) is 16.8 Å². The summed E-state index contributed by atoms with van der Waals surface area (Å²) in [4.78, 5) is 19.9. The van der Waals surface area contributed by atoms with Crippen molar-refractivity contribution < 1.29 is 0 Å². The highest BCUT2D eigenvalue weighted by Crippen LogP contribution is 2.47. The fourth-order valence-corrected chi connectivity index (χ4v) is 7.07. The second-order valence-electron chi connectivity index (χ2n) is 13.5. The summed E-state index contributed by atoms with van der Waals surface area (Å²) in [7, 11) is 0. The lowest BCUT2D eigenvalue weighted by Crippen LogP contribution is -2.32. The van der Waals surface area contributed by atoms with Crippen molar-refractivity contribution in [3.8, 4) is 11.3 Å². The van der Waals surface area contributed by atoms with E-state index in [9.17, 15) is 0 Å². The first-order chi connectivity index (χ1) is 24.4. The van der Waals surface area contributed by atoms with Crippen molar-refractivity contribution in [3.05, 3.63) is 198 Å². The number of allylic oxidation sites excluding steroid dienone is 6. The molecule has 0 spiro atoms. The van der Waals surface area contributed by atoms with E-state index in [0.717, 1.165) is 53.1 Å². The summed E-state index contributed by atoms with van der Waals surface area (Å²) in [5.41, 5.74) is 10.5. The topological polar surface area (TPSA) is 50.5 Å². The first-order valence-corrected chi connectivity index (χ1v) is 17.4. The molecule has 0 amide bonds. The maximum atomic E-state index is 5.45. The maximum absolute atomic E-state index is 5.45. The minimum atomic E-state index is -0.210. The van der Waals surface area contributed by atoms with Crippen LogP contribution in [0.3, 0.4) is 0 Å². The molecule has 2 aromatic heterocycles. The highest BCUT2D eigenvalue weighted by Gasteiger charge is 2.36. The predicted molar refractivity (Wildman–Crippen MR) is 208 cm³/mol. The summed E-state index contributed by atoms with van der Waals surface area (Å²) in [5, 5.41) is 0. The van der Waals surface area contributed by atoms with Gasteiger partial charge in [-0.05, 0) is 78.8 Å². The number of pyridine rings is 2. The molecule has 0 N–H and O–H groups in total. The van der Waals surface area contributed by atoms with Gasteiger partial charge in [-0.2, -0.15) is 0 Å². The maximum Gasteiger partial charge on any atom is 0.159 e. The number of amidine groups is 1. The second kappa shape index (κ2) is 14.8. The Balaban J connectivity index is 1.28. The molecule has 0 saturated heterocycles. The Labute approximate surface area is 296 Å². The number of rotatable bonds is 8. The van der Waals surface area contributed by atoms with Crippen LogP contribution in [0.2, 0.25) is 0 Å². The number of hydrogen-bond donors (Lipinski definition) is 0. The number of hydrogen-bond acceptors (Lipinski definition) is 3. The fourth-order valence-electron chi connectivity index (χ4n) is 7.07. The average molecular weight is 651 g/mol.